The summed E-state index contributed by atoms with van der Waals surface area (Å²) in [5, 5.41) is 9.48. The Bertz CT molecular complexity index is 811. The third-order valence-corrected chi connectivity index (χ3v) is 3.28. The van der Waals surface area contributed by atoms with Crippen LogP contribution in [0.25, 0.3) is 0 Å². The van der Waals surface area contributed by atoms with Crippen molar-refractivity contribution in [3.63, 3.8) is 0 Å². The van der Waals surface area contributed by atoms with Gasteiger partial charge in [0.15, 0.2) is 5.03 Å². The summed E-state index contributed by atoms with van der Waals surface area (Å²) in [5.74, 6) is -0.237. The van der Waals surface area contributed by atoms with E-state index in [1.165, 1.54) is 12.3 Å². The van der Waals surface area contributed by atoms with Crippen LogP contribution in [0.15, 0.2) is 34.1 Å². The summed E-state index contributed by atoms with van der Waals surface area (Å²) >= 11 is 0. The van der Waals surface area contributed by atoms with Gasteiger partial charge in [-0.3, -0.25) is 14.6 Å². The number of rotatable bonds is 7. The summed E-state index contributed by atoms with van der Waals surface area (Å²) < 4.78 is 1.62. The minimum atomic E-state index is -0.812. The van der Waals surface area contributed by atoms with Gasteiger partial charge in [-0.25, -0.2) is 15.1 Å². The van der Waals surface area contributed by atoms with E-state index in [9.17, 15) is 19.7 Å². The lowest BCUT2D eigenvalue weighted by Gasteiger charge is -2.06. The largest absolute Gasteiger partial charge is 0.316 e. The van der Waals surface area contributed by atoms with Crippen LogP contribution in [0, 0.1) is 10.1 Å². The van der Waals surface area contributed by atoms with E-state index in [2.05, 4.69) is 16.9 Å². The number of hydrogen-bond donors (Lipinski definition) is 2. The average molecular weight is 319 g/mol. The number of nitro groups is 1. The highest BCUT2D eigenvalue weighted by molar-refractivity contribution is 5.25. The number of aromatic nitrogens is 3. The first-order valence-corrected chi connectivity index (χ1v) is 7.18. The van der Waals surface area contributed by atoms with E-state index in [1.54, 1.807) is 22.3 Å². The lowest BCUT2D eigenvalue weighted by molar-refractivity contribution is -0.446. The van der Waals surface area contributed by atoms with Gasteiger partial charge in [0, 0.05) is 37.0 Å². The number of aromatic amines is 1. The third-order valence-electron chi connectivity index (χ3n) is 3.28. The Balaban J connectivity index is 2.16. The average Bonchev–Trinajstić information content (AvgIpc) is 2.48. The number of anilines is 1. The minimum absolute atomic E-state index is 0.119. The van der Waals surface area contributed by atoms with Crippen molar-refractivity contribution in [1.82, 2.24) is 14.5 Å². The molecule has 9 nitrogen and oxygen atoms in total. The maximum Gasteiger partial charge on any atom is 0.265 e. The smallest absolute Gasteiger partial charge is 0.265 e. The van der Waals surface area contributed by atoms with E-state index < -0.39 is 10.6 Å². The quantitative estimate of drug-likeness (QED) is 0.578. The highest BCUT2D eigenvalue weighted by Crippen LogP contribution is 2.04. The number of nitrogens with zero attached hydrogens (tertiary/aromatic N) is 3. The fraction of sp³-hybridized carbons (Fsp3) is 0.357. The molecule has 0 radical (unpaired) electrons. The van der Waals surface area contributed by atoms with Gasteiger partial charge >= 0.3 is 0 Å². The summed E-state index contributed by atoms with van der Waals surface area (Å²) in [6, 6.07) is 3.26. The fourth-order valence-corrected chi connectivity index (χ4v) is 2.08. The maximum atomic E-state index is 12.0. The van der Waals surface area contributed by atoms with Gasteiger partial charge in [-0.05, 0) is 18.1 Å². The number of pyridine rings is 1. The van der Waals surface area contributed by atoms with Gasteiger partial charge in [0.1, 0.15) is 0 Å². The molecule has 2 N–H and O–H groups in total. The molecule has 2 heterocycles. The molecule has 0 aliphatic carbocycles. The second kappa shape index (κ2) is 7.34. The Hall–Kier alpha value is -2.97. The lowest BCUT2D eigenvalue weighted by atomic mass is 10.1. The predicted molar refractivity (Wildman–Crippen MR) is 83.9 cm³/mol. The molecule has 0 fully saturated rings. The second-order valence-corrected chi connectivity index (χ2v) is 5.05. The molecular formula is C14H17N5O4. The first-order chi connectivity index (χ1) is 11.0. The van der Waals surface area contributed by atoms with Gasteiger partial charge in [0.25, 0.3) is 17.1 Å². The second-order valence-electron chi connectivity index (χ2n) is 5.05. The van der Waals surface area contributed by atoms with Crippen molar-refractivity contribution < 1.29 is 5.03 Å². The summed E-state index contributed by atoms with van der Waals surface area (Å²) in [7, 11) is 0. The van der Waals surface area contributed by atoms with Crippen molar-refractivity contribution in [2.45, 2.75) is 32.7 Å². The highest BCUT2D eigenvalue weighted by atomic mass is 16.7. The summed E-state index contributed by atoms with van der Waals surface area (Å²) in [4.78, 5) is 40.2. The zero-order chi connectivity index (χ0) is 16.8. The Kier molecular flexibility index (Phi) is 5.23. The number of hydrazine groups is 1. The SMILES string of the molecule is CCCCn1ccc(Cc2cnc(N[N+](=O)[O-])[nH]c2=O)cc1=O. The van der Waals surface area contributed by atoms with Gasteiger partial charge in [-0.1, -0.05) is 18.8 Å². The zero-order valence-electron chi connectivity index (χ0n) is 12.6. The van der Waals surface area contributed by atoms with Crippen LogP contribution >= 0.6 is 0 Å². The van der Waals surface area contributed by atoms with Gasteiger partial charge < -0.3 is 4.57 Å². The Morgan fingerprint density at radius 1 is 1.43 bits per heavy atom. The molecule has 2 rings (SSSR count). The topological polar surface area (TPSA) is 123 Å². The molecule has 0 amide bonds. The monoisotopic (exact) mass is 319 g/mol. The van der Waals surface area contributed by atoms with Crippen molar-refractivity contribution in [2.24, 2.45) is 0 Å². The number of unbranched alkanes of at least 4 members (excludes halogenated alkanes) is 1. The van der Waals surface area contributed by atoms with Crippen molar-refractivity contribution in [2.75, 3.05) is 5.43 Å². The van der Waals surface area contributed by atoms with Gasteiger partial charge in [-0.15, -0.1) is 0 Å². The van der Waals surface area contributed by atoms with E-state index in [-0.39, 0.29) is 17.9 Å². The number of nitrogens with one attached hydrogen (secondary N) is 2. The fourth-order valence-electron chi connectivity index (χ4n) is 2.08. The predicted octanol–water partition coefficient (Wildman–Crippen LogP) is 0.926. The number of aryl methyl sites for hydroxylation is 1. The molecule has 2 aromatic rings. The van der Waals surface area contributed by atoms with Crippen molar-refractivity contribution in [3.8, 4) is 0 Å². The molecule has 0 aliphatic rings. The molecule has 2 aromatic heterocycles. The zero-order valence-corrected chi connectivity index (χ0v) is 12.6. The van der Waals surface area contributed by atoms with Gasteiger partial charge in [-0.2, -0.15) is 0 Å². The normalized spacial score (nSPS) is 10.5. The molecule has 23 heavy (non-hydrogen) atoms. The Morgan fingerprint density at radius 3 is 2.83 bits per heavy atom. The molecule has 122 valence electrons. The van der Waals surface area contributed by atoms with Crippen LogP contribution in [-0.4, -0.2) is 19.6 Å². The van der Waals surface area contributed by atoms with E-state index in [1.807, 2.05) is 0 Å². The molecule has 0 unspecified atom stereocenters. The van der Waals surface area contributed by atoms with Gasteiger partial charge in [0.2, 0.25) is 0 Å². The summed E-state index contributed by atoms with van der Waals surface area (Å²) in [6.07, 6.45) is 5.11. The molecular weight excluding hydrogens is 302 g/mol. The standard InChI is InChI=1S/C14H17N5O4/c1-2-3-5-18-6-4-10(8-12(18)20)7-11-9-15-14(16-13(11)21)17-19(22)23/h4,6,8-9H,2-3,5,7H2,1H3,(H2,15,16,17,21). The maximum absolute atomic E-state index is 12.0. The van der Waals surface area contributed by atoms with Crippen molar-refractivity contribution in [1.29, 1.82) is 0 Å². The molecule has 0 aliphatic heterocycles. The molecule has 0 saturated carbocycles. The van der Waals surface area contributed by atoms with Crippen LogP contribution in [0.2, 0.25) is 0 Å². The van der Waals surface area contributed by atoms with Crippen LogP contribution < -0.4 is 16.5 Å². The molecule has 0 aromatic carbocycles. The summed E-state index contributed by atoms with van der Waals surface area (Å²) in [6.45, 7) is 2.72. The molecule has 0 atom stereocenters. The van der Waals surface area contributed by atoms with Crippen molar-refractivity contribution >= 4 is 5.95 Å². The minimum Gasteiger partial charge on any atom is -0.316 e. The van der Waals surface area contributed by atoms with Crippen LogP contribution in [0.5, 0.6) is 0 Å². The molecule has 0 saturated heterocycles. The van der Waals surface area contributed by atoms with Crippen LogP contribution in [0.1, 0.15) is 30.9 Å². The van der Waals surface area contributed by atoms with Crippen molar-refractivity contribution in [3.05, 3.63) is 66.5 Å². The van der Waals surface area contributed by atoms with Gasteiger partial charge in [0.05, 0.1) is 0 Å². The van der Waals surface area contributed by atoms with E-state index in [0.29, 0.717) is 17.7 Å². The lowest BCUT2D eigenvalue weighted by Crippen LogP contribution is -2.21. The van der Waals surface area contributed by atoms with E-state index >= 15 is 0 Å². The Morgan fingerprint density at radius 2 is 2.22 bits per heavy atom. The van der Waals surface area contributed by atoms with Crippen LogP contribution in [0.3, 0.4) is 0 Å². The first-order valence-electron chi connectivity index (χ1n) is 7.18. The Labute approximate surface area is 131 Å². The first kappa shape index (κ1) is 16.4. The van der Waals surface area contributed by atoms with E-state index in [0.717, 1.165) is 12.8 Å². The molecule has 9 heteroatoms. The van der Waals surface area contributed by atoms with Crippen LogP contribution in [0.4, 0.5) is 5.95 Å². The number of hydrogen-bond acceptors (Lipinski definition) is 5. The molecule has 0 bridgehead atoms. The third kappa shape index (κ3) is 4.50. The number of H-pyrrole nitrogens is 1. The van der Waals surface area contributed by atoms with E-state index in [4.69, 9.17) is 0 Å². The molecule has 0 spiro atoms. The summed E-state index contributed by atoms with van der Waals surface area (Å²) in [5.41, 5.74) is 2.18. The highest BCUT2D eigenvalue weighted by Gasteiger charge is 2.08. The van der Waals surface area contributed by atoms with Crippen LogP contribution in [-0.2, 0) is 13.0 Å².